The summed E-state index contributed by atoms with van der Waals surface area (Å²) in [6.07, 6.45) is 5.99. The highest BCUT2D eigenvalue weighted by molar-refractivity contribution is 5.20. The first kappa shape index (κ1) is 15.3. The first-order chi connectivity index (χ1) is 10.7. The number of aryl methyl sites for hydroxylation is 1. The maximum atomic E-state index is 5.43. The van der Waals surface area contributed by atoms with Crippen LogP contribution in [-0.4, -0.2) is 29.0 Å². The Hall–Kier alpha value is -1.65. The highest BCUT2D eigenvalue weighted by atomic mass is 16.3. The number of piperidine rings is 1. The lowest BCUT2D eigenvalue weighted by atomic mass is 10.0. The van der Waals surface area contributed by atoms with Crippen LogP contribution in [0.25, 0.3) is 0 Å². The fourth-order valence-corrected chi connectivity index (χ4v) is 3.26. The molecule has 0 radical (unpaired) electrons. The molecule has 0 amide bonds. The molecule has 1 atom stereocenters. The molecule has 1 saturated heterocycles. The van der Waals surface area contributed by atoms with Gasteiger partial charge in [-0.25, -0.2) is 0 Å². The van der Waals surface area contributed by atoms with E-state index in [-0.39, 0.29) is 0 Å². The highest BCUT2D eigenvalue weighted by Gasteiger charge is 2.22. The van der Waals surface area contributed by atoms with Gasteiger partial charge in [0, 0.05) is 31.4 Å². The smallest absolute Gasteiger partial charge is 0.117 e. The van der Waals surface area contributed by atoms with Gasteiger partial charge < -0.3 is 9.73 Å². The number of hydrogen-bond acceptors (Lipinski definition) is 4. The lowest BCUT2D eigenvalue weighted by molar-refractivity contribution is 0.174. The molecule has 2 aromatic rings. The van der Waals surface area contributed by atoms with Gasteiger partial charge in [0.05, 0.1) is 18.5 Å². The second-order valence-corrected chi connectivity index (χ2v) is 6.22. The summed E-state index contributed by atoms with van der Waals surface area (Å²) in [6.45, 7) is 7.50. The van der Waals surface area contributed by atoms with Gasteiger partial charge in [0.15, 0.2) is 0 Å². The topological polar surface area (TPSA) is 41.3 Å². The van der Waals surface area contributed by atoms with E-state index in [9.17, 15) is 0 Å². The maximum absolute atomic E-state index is 5.43. The van der Waals surface area contributed by atoms with Gasteiger partial charge in [-0.2, -0.15) is 0 Å². The number of likely N-dealkylation sites (tertiary alicyclic amines) is 1. The highest BCUT2D eigenvalue weighted by Crippen LogP contribution is 2.19. The Balaban J connectivity index is 1.48. The molecule has 118 valence electrons. The van der Waals surface area contributed by atoms with Crippen molar-refractivity contribution in [1.29, 1.82) is 0 Å². The standard InChI is InChI=1S/C18H25N3O/c1-14-5-3-9-19-18(14)15(2)20-16-7-10-21(11-8-16)13-17-6-4-12-22-17/h3-6,9,12,15-16,20H,7-8,10-11,13H2,1-2H3/t15-/m0/s1. The predicted molar refractivity (Wildman–Crippen MR) is 87.5 cm³/mol. The Labute approximate surface area is 132 Å². The average molecular weight is 299 g/mol. The fraction of sp³-hybridized carbons (Fsp3) is 0.500. The zero-order chi connectivity index (χ0) is 15.4. The van der Waals surface area contributed by atoms with E-state index in [1.165, 1.54) is 24.1 Å². The van der Waals surface area contributed by atoms with Gasteiger partial charge in [-0.05, 0) is 50.5 Å². The normalized spacial score (nSPS) is 18.5. The third-order valence-corrected chi connectivity index (χ3v) is 4.49. The van der Waals surface area contributed by atoms with E-state index in [0.717, 1.165) is 25.4 Å². The quantitative estimate of drug-likeness (QED) is 0.920. The third-order valence-electron chi connectivity index (χ3n) is 4.49. The van der Waals surface area contributed by atoms with Crippen LogP contribution in [0.3, 0.4) is 0 Å². The summed E-state index contributed by atoms with van der Waals surface area (Å²) in [5, 5.41) is 3.74. The summed E-state index contributed by atoms with van der Waals surface area (Å²) < 4.78 is 5.43. The molecule has 0 aromatic carbocycles. The number of furan rings is 1. The Morgan fingerprint density at radius 1 is 1.32 bits per heavy atom. The third kappa shape index (κ3) is 3.76. The van der Waals surface area contributed by atoms with Gasteiger partial charge in [-0.1, -0.05) is 6.07 Å². The van der Waals surface area contributed by atoms with Crippen molar-refractivity contribution in [2.45, 2.75) is 45.3 Å². The first-order valence-corrected chi connectivity index (χ1v) is 8.14. The van der Waals surface area contributed by atoms with E-state index in [0.29, 0.717) is 12.1 Å². The Bertz CT molecular complexity index is 574. The summed E-state index contributed by atoms with van der Waals surface area (Å²) >= 11 is 0. The molecular weight excluding hydrogens is 274 g/mol. The van der Waals surface area contributed by atoms with Gasteiger partial charge in [0.1, 0.15) is 5.76 Å². The van der Waals surface area contributed by atoms with Crippen molar-refractivity contribution in [3.63, 3.8) is 0 Å². The number of aromatic nitrogens is 1. The number of hydrogen-bond donors (Lipinski definition) is 1. The van der Waals surface area contributed by atoms with Crippen LogP contribution in [0.5, 0.6) is 0 Å². The molecular formula is C18H25N3O. The minimum Gasteiger partial charge on any atom is -0.468 e. The van der Waals surface area contributed by atoms with Gasteiger partial charge in [0.2, 0.25) is 0 Å². The van der Waals surface area contributed by atoms with Gasteiger partial charge in [-0.15, -0.1) is 0 Å². The van der Waals surface area contributed by atoms with E-state index < -0.39 is 0 Å². The van der Waals surface area contributed by atoms with Crippen molar-refractivity contribution in [1.82, 2.24) is 15.2 Å². The van der Waals surface area contributed by atoms with E-state index in [1.54, 1.807) is 6.26 Å². The van der Waals surface area contributed by atoms with Gasteiger partial charge >= 0.3 is 0 Å². The molecule has 3 heterocycles. The van der Waals surface area contributed by atoms with Crippen molar-refractivity contribution in [2.24, 2.45) is 0 Å². The molecule has 4 heteroatoms. The number of nitrogens with one attached hydrogen (secondary N) is 1. The molecule has 0 unspecified atom stereocenters. The summed E-state index contributed by atoms with van der Waals surface area (Å²) in [7, 11) is 0. The van der Waals surface area contributed by atoms with E-state index >= 15 is 0 Å². The van der Waals surface area contributed by atoms with Crippen LogP contribution in [0.4, 0.5) is 0 Å². The number of nitrogens with zero attached hydrogens (tertiary/aromatic N) is 2. The first-order valence-electron chi connectivity index (χ1n) is 8.14. The second-order valence-electron chi connectivity index (χ2n) is 6.22. The number of pyridine rings is 1. The van der Waals surface area contributed by atoms with Crippen LogP contribution in [0.2, 0.25) is 0 Å². The fourth-order valence-electron chi connectivity index (χ4n) is 3.26. The van der Waals surface area contributed by atoms with Crippen molar-refractivity contribution in [3.05, 3.63) is 53.7 Å². The Morgan fingerprint density at radius 2 is 2.14 bits per heavy atom. The van der Waals surface area contributed by atoms with Crippen LogP contribution in [0.1, 0.15) is 42.8 Å². The largest absolute Gasteiger partial charge is 0.468 e. The summed E-state index contributed by atoms with van der Waals surface area (Å²) in [5.74, 6) is 1.06. The Kier molecular flexibility index (Phi) is 4.90. The summed E-state index contributed by atoms with van der Waals surface area (Å²) in [5.41, 5.74) is 2.43. The summed E-state index contributed by atoms with van der Waals surface area (Å²) in [4.78, 5) is 6.99. The van der Waals surface area contributed by atoms with Crippen LogP contribution >= 0.6 is 0 Å². The Morgan fingerprint density at radius 3 is 2.82 bits per heavy atom. The van der Waals surface area contributed by atoms with Crippen LogP contribution in [-0.2, 0) is 6.54 Å². The zero-order valence-electron chi connectivity index (χ0n) is 13.5. The molecule has 22 heavy (non-hydrogen) atoms. The molecule has 1 N–H and O–H groups in total. The molecule has 0 saturated carbocycles. The molecule has 0 spiro atoms. The van der Waals surface area contributed by atoms with Crippen molar-refractivity contribution in [2.75, 3.05) is 13.1 Å². The molecule has 1 aliphatic rings. The molecule has 3 rings (SSSR count). The van der Waals surface area contributed by atoms with Gasteiger partial charge in [-0.3, -0.25) is 9.88 Å². The van der Waals surface area contributed by atoms with E-state index in [1.807, 2.05) is 18.3 Å². The number of rotatable bonds is 5. The monoisotopic (exact) mass is 299 g/mol. The zero-order valence-corrected chi connectivity index (χ0v) is 13.5. The van der Waals surface area contributed by atoms with Crippen molar-refractivity contribution < 1.29 is 4.42 Å². The lowest BCUT2D eigenvalue weighted by Gasteiger charge is -2.33. The van der Waals surface area contributed by atoms with Crippen LogP contribution in [0, 0.1) is 6.92 Å². The minimum absolute atomic E-state index is 0.308. The molecule has 0 aliphatic carbocycles. The van der Waals surface area contributed by atoms with Gasteiger partial charge in [0.25, 0.3) is 0 Å². The lowest BCUT2D eigenvalue weighted by Crippen LogP contribution is -2.43. The van der Waals surface area contributed by atoms with Crippen LogP contribution < -0.4 is 5.32 Å². The van der Waals surface area contributed by atoms with Crippen molar-refractivity contribution in [3.8, 4) is 0 Å². The maximum Gasteiger partial charge on any atom is 0.117 e. The predicted octanol–water partition coefficient (Wildman–Crippen LogP) is 3.30. The summed E-state index contributed by atoms with van der Waals surface area (Å²) in [6, 6.07) is 9.02. The molecule has 2 aromatic heterocycles. The second kappa shape index (κ2) is 7.07. The van der Waals surface area contributed by atoms with E-state index in [2.05, 4.69) is 41.2 Å². The molecule has 4 nitrogen and oxygen atoms in total. The SMILES string of the molecule is Cc1cccnc1[C@H](C)NC1CCN(Cc2ccco2)CC1. The van der Waals surface area contributed by atoms with E-state index in [4.69, 9.17) is 4.42 Å². The van der Waals surface area contributed by atoms with Crippen LogP contribution in [0.15, 0.2) is 41.1 Å². The minimum atomic E-state index is 0.308. The molecule has 1 aliphatic heterocycles. The molecule has 1 fully saturated rings. The van der Waals surface area contributed by atoms with Crippen molar-refractivity contribution >= 4 is 0 Å². The average Bonchev–Trinajstić information content (AvgIpc) is 3.02. The molecule has 0 bridgehead atoms.